The number of piperidine rings is 1. The van der Waals surface area contributed by atoms with E-state index < -0.39 is 10.0 Å². The zero-order valence-corrected chi connectivity index (χ0v) is 17.3. The van der Waals surface area contributed by atoms with Gasteiger partial charge in [-0.2, -0.15) is 4.31 Å². The Morgan fingerprint density at radius 1 is 1.07 bits per heavy atom. The van der Waals surface area contributed by atoms with Gasteiger partial charge in [0, 0.05) is 24.3 Å². The van der Waals surface area contributed by atoms with Gasteiger partial charge in [0.1, 0.15) is 12.4 Å². The Morgan fingerprint density at radius 3 is 2.38 bits per heavy atom. The number of quaternary nitrogens is 1. The van der Waals surface area contributed by atoms with Crippen molar-refractivity contribution in [1.29, 1.82) is 0 Å². The fourth-order valence-electron chi connectivity index (χ4n) is 3.47. The summed E-state index contributed by atoms with van der Waals surface area (Å²) < 4.78 is 40.6. The Morgan fingerprint density at radius 2 is 1.72 bits per heavy atom. The average molecular weight is 421 g/mol. The standard InChI is InChI=1S/C21H26FN3O3S/c1-24(15-17-7-3-4-8-20(17)22)16-21(26)23-18-9-11-19(12-10-18)29(27,28)25-13-5-2-6-14-25/h3-4,7-12H,2,5-6,13-16H2,1H3,(H,23,26)/p+1. The molecule has 3 rings (SSSR count). The molecule has 2 N–H and O–H groups in total. The Bertz CT molecular complexity index is 942. The third-order valence-electron chi connectivity index (χ3n) is 5.00. The summed E-state index contributed by atoms with van der Waals surface area (Å²) in [5.74, 6) is -0.497. The van der Waals surface area contributed by atoms with Gasteiger partial charge in [-0.3, -0.25) is 4.79 Å². The van der Waals surface area contributed by atoms with Gasteiger partial charge in [0.25, 0.3) is 5.91 Å². The summed E-state index contributed by atoms with van der Waals surface area (Å²) in [4.78, 5) is 13.4. The predicted molar refractivity (Wildman–Crippen MR) is 110 cm³/mol. The molecule has 0 radical (unpaired) electrons. The highest BCUT2D eigenvalue weighted by atomic mass is 32.2. The molecule has 1 unspecified atom stereocenters. The Hall–Kier alpha value is -2.29. The summed E-state index contributed by atoms with van der Waals surface area (Å²) in [5.41, 5.74) is 1.09. The molecule has 1 fully saturated rings. The molecule has 8 heteroatoms. The van der Waals surface area contributed by atoms with Crippen LogP contribution in [0.3, 0.4) is 0 Å². The van der Waals surface area contributed by atoms with Gasteiger partial charge < -0.3 is 10.2 Å². The molecular weight excluding hydrogens is 393 g/mol. The number of nitrogens with zero attached hydrogens (tertiary/aromatic N) is 1. The minimum atomic E-state index is -3.48. The average Bonchev–Trinajstić information content (AvgIpc) is 2.70. The maximum Gasteiger partial charge on any atom is 0.279 e. The minimum absolute atomic E-state index is 0.169. The molecule has 2 aromatic carbocycles. The van der Waals surface area contributed by atoms with Crippen molar-refractivity contribution in [3.8, 4) is 0 Å². The molecule has 6 nitrogen and oxygen atoms in total. The summed E-state index contributed by atoms with van der Waals surface area (Å²) in [6.45, 7) is 1.67. The highest BCUT2D eigenvalue weighted by Crippen LogP contribution is 2.21. The number of nitrogens with one attached hydrogen (secondary N) is 2. The number of rotatable bonds is 7. The second kappa shape index (κ2) is 9.47. The number of sulfonamides is 1. The van der Waals surface area contributed by atoms with Crippen LogP contribution in [0.2, 0.25) is 0 Å². The molecule has 1 aliphatic rings. The number of likely N-dealkylation sites (N-methyl/N-ethyl adjacent to an activating group) is 1. The summed E-state index contributed by atoms with van der Waals surface area (Å²) in [6, 6.07) is 12.8. The molecule has 2 aromatic rings. The Kier molecular flexibility index (Phi) is 7.00. The molecule has 156 valence electrons. The van der Waals surface area contributed by atoms with Crippen molar-refractivity contribution < 1.29 is 22.5 Å². The largest absolute Gasteiger partial charge is 0.326 e. The van der Waals surface area contributed by atoms with Crippen LogP contribution in [0.15, 0.2) is 53.4 Å². The lowest BCUT2D eigenvalue weighted by atomic mass is 10.2. The number of hydrogen-bond donors (Lipinski definition) is 2. The molecule has 29 heavy (non-hydrogen) atoms. The molecule has 0 bridgehead atoms. The maximum atomic E-state index is 13.7. The Balaban J connectivity index is 1.56. The number of amides is 1. The molecule has 0 aromatic heterocycles. The first-order valence-electron chi connectivity index (χ1n) is 9.81. The number of carbonyl (C=O) groups excluding carboxylic acids is 1. The van der Waals surface area contributed by atoms with Crippen molar-refractivity contribution in [2.45, 2.75) is 30.7 Å². The second-order valence-corrected chi connectivity index (χ2v) is 9.38. The molecule has 1 heterocycles. The molecule has 1 aliphatic heterocycles. The van der Waals surface area contributed by atoms with E-state index >= 15 is 0 Å². The maximum absolute atomic E-state index is 13.7. The van der Waals surface area contributed by atoms with Gasteiger partial charge >= 0.3 is 0 Å². The quantitative estimate of drug-likeness (QED) is 0.716. The zero-order chi connectivity index (χ0) is 20.9. The smallest absolute Gasteiger partial charge is 0.279 e. The van der Waals surface area contributed by atoms with E-state index in [1.807, 2.05) is 7.05 Å². The summed E-state index contributed by atoms with van der Waals surface area (Å²) >= 11 is 0. The van der Waals surface area contributed by atoms with Crippen LogP contribution in [0.1, 0.15) is 24.8 Å². The van der Waals surface area contributed by atoms with Crippen LogP contribution < -0.4 is 10.2 Å². The lowest BCUT2D eigenvalue weighted by molar-refractivity contribution is -0.885. The van der Waals surface area contributed by atoms with Gasteiger partial charge in [-0.1, -0.05) is 24.6 Å². The fraction of sp³-hybridized carbons (Fsp3) is 0.381. The van der Waals surface area contributed by atoms with Crippen LogP contribution in [-0.2, 0) is 21.4 Å². The first-order chi connectivity index (χ1) is 13.9. The van der Waals surface area contributed by atoms with E-state index in [9.17, 15) is 17.6 Å². The van der Waals surface area contributed by atoms with E-state index in [-0.39, 0.29) is 23.2 Å². The highest BCUT2D eigenvalue weighted by molar-refractivity contribution is 7.89. The molecule has 1 saturated heterocycles. The minimum Gasteiger partial charge on any atom is -0.326 e. The van der Waals surface area contributed by atoms with E-state index in [4.69, 9.17) is 0 Å². The first kappa shape index (κ1) is 21.4. The molecule has 1 atom stereocenters. The normalized spacial score (nSPS) is 16.3. The van der Waals surface area contributed by atoms with Gasteiger partial charge in [-0.15, -0.1) is 0 Å². The lowest BCUT2D eigenvalue weighted by Crippen LogP contribution is -3.08. The third-order valence-corrected chi connectivity index (χ3v) is 6.92. The summed E-state index contributed by atoms with van der Waals surface area (Å²) in [7, 11) is -1.66. The van der Waals surface area contributed by atoms with Crippen molar-refractivity contribution in [2.24, 2.45) is 0 Å². The van der Waals surface area contributed by atoms with Crippen molar-refractivity contribution in [2.75, 3.05) is 32.0 Å². The number of hydrogen-bond acceptors (Lipinski definition) is 3. The molecular formula is C21H27FN3O3S+. The van der Waals surface area contributed by atoms with Gasteiger partial charge in [-0.05, 0) is 43.2 Å². The van der Waals surface area contributed by atoms with Gasteiger partial charge in [0.2, 0.25) is 10.0 Å². The highest BCUT2D eigenvalue weighted by Gasteiger charge is 2.25. The monoisotopic (exact) mass is 420 g/mol. The number of carbonyl (C=O) groups is 1. The van der Waals surface area contributed by atoms with Gasteiger partial charge in [-0.25, -0.2) is 12.8 Å². The van der Waals surface area contributed by atoms with Crippen LogP contribution in [0.5, 0.6) is 0 Å². The van der Waals surface area contributed by atoms with E-state index in [1.165, 1.54) is 22.5 Å². The van der Waals surface area contributed by atoms with Crippen molar-refractivity contribution in [1.82, 2.24) is 4.31 Å². The van der Waals surface area contributed by atoms with Gasteiger partial charge in [0.05, 0.1) is 11.9 Å². The molecule has 0 spiro atoms. The van der Waals surface area contributed by atoms with E-state index in [0.29, 0.717) is 30.9 Å². The van der Waals surface area contributed by atoms with Crippen LogP contribution in [0.25, 0.3) is 0 Å². The van der Waals surface area contributed by atoms with E-state index in [1.54, 1.807) is 30.3 Å². The van der Waals surface area contributed by atoms with Crippen LogP contribution >= 0.6 is 0 Å². The molecule has 1 amide bonds. The van der Waals surface area contributed by atoms with Crippen molar-refractivity contribution >= 4 is 21.6 Å². The predicted octanol–water partition coefficient (Wildman–Crippen LogP) is 1.65. The van der Waals surface area contributed by atoms with Crippen LogP contribution in [-0.4, -0.2) is 45.3 Å². The number of benzene rings is 2. The second-order valence-electron chi connectivity index (χ2n) is 7.44. The number of halogens is 1. The van der Waals surface area contributed by atoms with Crippen LogP contribution in [0, 0.1) is 5.82 Å². The third kappa shape index (κ3) is 5.62. The number of anilines is 1. The van der Waals surface area contributed by atoms with Gasteiger partial charge in [0.15, 0.2) is 6.54 Å². The lowest BCUT2D eigenvalue weighted by Gasteiger charge is -2.25. The van der Waals surface area contributed by atoms with E-state index in [0.717, 1.165) is 24.2 Å². The molecule has 0 aliphatic carbocycles. The topological polar surface area (TPSA) is 70.9 Å². The summed E-state index contributed by atoms with van der Waals surface area (Å²) in [5, 5.41) is 2.77. The Labute approximate surface area is 171 Å². The SMILES string of the molecule is C[NH+](CC(=O)Nc1ccc(S(=O)(=O)N2CCCCC2)cc1)Cc1ccccc1F. The van der Waals surface area contributed by atoms with E-state index in [2.05, 4.69) is 5.32 Å². The summed E-state index contributed by atoms with van der Waals surface area (Å²) in [6.07, 6.45) is 2.83. The van der Waals surface area contributed by atoms with Crippen LogP contribution in [0.4, 0.5) is 10.1 Å². The fourth-order valence-corrected chi connectivity index (χ4v) is 4.99. The zero-order valence-electron chi connectivity index (χ0n) is 16.5. The molecule has 0 saturated carbocycles. The first-order valence-corrected chi connectivity index (χ1v) is 11.2. The van der Waals surface area contributed by atoms with Crippen molar-refractivity contribution in [3.63, 3.8) is 0 Å². The van der Waals surface area contributed by atoms with Crippen molar-refractivity contribution in [3.05, 3.63) is 59.9 Å².